The van der Waals surface area contributed by atoms with Crippen LogP contribution in [0.25, 0.3) is 0 Å². The number of imidazole rings is 1. The Morgan fingerprint density at radius 2 is 1.88 bits per heavy atom. The summed E-state index contributed by atoms with van der Waals surface area (Å²) in [5.74, 6) is 0.833. The van der Waals surface area contributed by atoms with Gasteiger partial charge in [-0.05, 0) is 19.4 Å². The molecule has 0 aliphatic rings. The summed E-state index contributed by atoms with van der Waals surface area (Å²) in [5.41, 5.74) is 4.82. The molecule has 0 unspecified atom stereocenters. The molecule has 0 atom stereocenters. The smallest absolute Gasteiger partial charge is 0.200 e. The Labute approximate surface area is 95.9 Å². The number of nitrogens with zero attached hydrogens (tertiary/aromatic N) is 1. The number of anilines is 1. The van der Waals surface area contributed by atoms with Gasteiger partial charge in [-0.2, -0.15) is 0 Å². The number of rotatable bonds is 3. The van der Waals surface area contributed by atoms with Crippen molar-refractivity contribution < 1.29 is 0 Å². The summed E-state index contributed by atoms with van der Waals surface area (Å²) in [6, 6.07) is 8.58. The van der Waals surface area contributed by atoms with Crippen molar-refractivity contribution in [3.8, 4) is 0 Å². The Balaban J connectivity index is 2.19. The summed E-state index contributed by atoms with van der Waals surface area (Å²) in [6.45, 7) is 4.15. The van der Waals surface area contributed by atoms with Crippen LogP contribution in [0.5, 0.6) is 0 Å². The van der Waals surface area contributed by atoms with Gasteiger partial charge in [0.15, 0.2) is 5.95 Å². The molecule has 2 rings (SSSR count). The maximum Gasteiger partial charge on any atom is 0.200 e. The Morgan fingerprint density at radius 1 is 1.19 bits per heavy atom. The summed E-state index contributed by atoms with van der Waals surface area (Å²) in [5, 5.41) is 3.02. The van der Waals surface area contributed by atoms with Crippen molar-refractivity contribution in [2.75, 3.05) is 12.4 Å². The van der Waals surface area contributed by atoms with Gasteiger partial charge in [-0.3, -0.25) is 0 Å². The highest BCUT2D eigenvalue weighted by Gasteiger charge is 2.06. The second kappa shape index (κ2) is 4.39. The molecule has 0 aliphatic carbocycles. The van der Waals surface area contributed by atoms with Crippen LogP contribution in [0.3, 0.4) is 0 Å². The van der Waals surface area contributed by atoms with E-state index in [4.69, 9.17) is 0 Å². The zero-order valence-corrected chi connectivity index (χ0v) is 9.96. The lowest BCUT2D eigenvalue weighted by molar-refractivity contribution is 1.08. The number of nitrogens with one attached hydrogen (secondary N) is 2. The number of aromatic amines is 1. The van der Waals surface area contributed by atoms with Crippen LogP contribution >= 0.6 is 0 Å². The van der Waals surface area contributed by atoms with Crippen molar-refractivity contribution in [1.82, 2.24) is 9.97 Å². The average molecular weight is 215 g/mol. The largest absolute Gasteiger partial charge is 0.359 e. The van der Waals surface area contributed by atoms with Crippen molar-refractivity contribution in [2.45, 2.75) is 20.3 Å². The van der Waals surface area contributed by atoms with Crippen molar-refractivity contribution >= 4 is 5.95 Å². The SMILES string of the molecule is CNc1nc(Cc2ccc(C)cc2)c(C)[nH]1. The predicted octanol–water partition coefficient (Wildman–Crippen LogP) is 2.66. The first-order chi connectivity index (χ1) is 7.69. The predicted molar refractivity (Wildman–Crippen MR) is 66.9 cm³/mol. The standard InChI is InChI=1S/C13H17N3/c1-9-4-6-11(7-5-9)8-12-10(2)15-13(14-3)16-12/h4-7H,8H2,1-3H3,(H2,14,15,16). The third kappa shape index (κ3) is 2.24. The zero-order chi connectivity index (χ0) is 11.5. The van der Waals surface area contributed by atoms with E-state index < -0.39 is 0 Å². The lowest BCUT2D eigenvalue weighted by Gasteiger charge is -2.00. The first kappa shape index (κ1) is 10.7. The first-order valence-corrected chi connectivity index (χ1v) is 5.48. The van der Waals surface area contributed by atoms with Crippen LogP contribution in [0.2, 0.25) is 0 Å². The van der Waals surface area contributed by atoms with E-state index in [-0.39, 0.29) is 0 Å². The summed E-state index contributed by atoms with van der Waals surface area (Å²) < 4.78 is 0. The molecule has 0 aliphatic heterocycles. The summed E-state index contributed by atoms with van der Waals surface area (Å²) >= 11 is 0. The minimum atomic E-state index is 0.833. The van der Waals surface area contributed by atoms with Crippen molar-refractivity contribution in [3.63, 3.8) is 0 Å². The molecule has 0 fully saturated rings. The highest BCUT2D eigenvalue weighted by Crippen LogP contribution is 2.14. The van der Waals surface area contributed by atoms with Gasteiger partial charge < -0.3 is 10.3 Å². The van der Waals surface area contributed by atoms with Crippen molar-refractivity contribution in [3.05, 3.63) is 46.8 Å². The van der Waals surface area contributed by atoms with Crippen molar-refractivity contribution in [2.24, 2.45) is 0 Å². The molecule has 1 aromatic carbocycles. The molecule has 16 heavy (non-hydrogen) atoms. The fourth-order valence-corrected chi connectivity index (χ4v) is 1.69. The fraction of sp³-hybridized carbons (Fsp3) is 0.308. The molecule has 3 heteroatoms. The van der Waals surface area contributed by atoms with Gasteiger partial charge in [-0.15, -0.1) is 0 Å². The minimum Gasteiger partial charge on any atom is -0.359 e. The maximum atomic E-state index is 4.48. The summed E-state index contributed by atoms with van der Waals surface area (Å²) in [6.07, 6.45) is 0.879. The quantitative estimate of drug-likeness (QED) is 0.826. The molecule has 2 aromatic rings. The third-order valence-electron chi connectivity index (χ3n) is 2.71. The summed E-state index contributed by atoms with van der Waals surface area (Å²) in [7, 11) is 1.87. The van der Waals surface area contributed by atoms with Gasteiger partial charge in [-0.1, -0.05) is 29.8 Å². The normalized spacial score (nSPS) is 10.4. The van der Waals surface area contributed by atoms with Crippen LogP contribution in [0.15, 0.2) is 24.3 Å². The lowest BCUT2D eigenvalue weighted by atomic mass is 10.1. The van der Waals surface area contributed by atoms with Gasteiger partial charge in [0, 0.05) is 19.2 Å². The molecule has 0 bridgehead atoms. The van der Waals surface area contributed by atoms with Gasteiger partial charge >= 0.3 is 0 Å². The van der Waals surface area contributed by atoms with Crippen LogP contribution < -0.4 is 5.32 Å². The van der Waals surface area contributed by atoms with Crippen LogP contribution in [0.4, 0.5) is 5.95 Å². The molecule has 84 valence electrons. The highest BCUT2D eigenvalue weighted by atomic mass is 15.1. The fourth-order valence-electron chi connectivity index (χ4n) is 1.69. The van der Waals surface area contributed by atoms with Crippen LogP contribution in [0, 0.1) is 13.8 Å². The summed E-state index contributed by atoms with van der Waals surface area (Å²) in [4.78, 5) is 7.68. The van der Waals surface area contributed by atoms with E-state index in [2.05, 4.69) is 53.4 Å². The Morgan fingerprint density at radius 3 is 2.44 bits per heavy atom. The van der Waals surface area contributed by atoms with E-state index in [1.54, 1.807) is 0 Å². The molecule has 3 nitrogen and oxygen atoms in total. The molecule has 1 heterocycles. The van der Waals surface area contributed by atoms with Gasteiger partial charge in [0.2, 0.25) is 0 Å². The molecule has 0 saturated heterocycles. The molecular formula is C13H17N3. The van der Waals surface area contributed by atoms with E-state index >= 15 is 0 Å². The second-order valence-corrected chi connectivity index (χ2v) is 4.07. The zero-order valence-electron chi connectivity index (χ0n) is 9.96. The molecular weight excluding hydrogens is 198 g/mol. The second-order valence-electron chi connectivity index (χ2n) is 4.07. The van der Waals surface area contributed by atoms with E-state index in [9.17, 15) is 0 Å². The molecule has 0 saturated carbocycles. The number of aryl methyl sites for hydroxylation is 2. The number of hydrogen-bond donors (Lipinski definition) is 2. The molecule has 2 N–H and O–H groups in total. The van der Waals surface area contributed by atoms with Crippen LogP contribution in [0.1, 0.15) is 22.5 Å². The van der Waals surface area contributed by atoms with E-state index in [0.29, 0.717) is 0 Å². The third-order valence-corrected chi connectivity index (χ3v) is 2.71. The first-order valence-electron chi connectivity index (χ1n) is 5.48. The Bertz CT molecular complexity index is 468. The molecule has 0 amide bonds. The Kier molecular flexibility index (Phi) is 2.95. The Hall–Kier alpha value is -1.77. The number of H-pyrrole nitrogens is 1. The molecule has 1 aromatic heterocycles. The minimum absolute atomic E-state index is 0.833. The molecule has 0 spiro atoms. The van der Waals surface area contributed by atoms with Gasteiger partial charge in [0.05, 0.1) is 5.69 Å². The van der Waals surface area contributed by atoms with Gasteiger partial charge in [0.25, 0.3) is 0 Å². The van der Waals surface area contributed by atoms with Crippen LogP contribution in [-0.4, -0.2) is 17.0 Å². The monoisotopic (exact) mass is 215 g/mol. The van der Waals surface area contributed by atoms with Crippen molar-refractivity contribution in [1.29, 1.82) is 0 Å². The maximum absolute atomic E-state index is 4.48. The average Bonchev–Trinajstić information content (AvgIpc) is 2.63. The number of benzene rings is 1. The lowest BCUT2D eigenvalue weighted by Crippen LogP contribution is -1.92. The number of hydrogen-bond acceptors (Lipinski definition) is 2. The van der Waals surface area contributed by atoms with E-state index in [1.165, 1.54) is 11.1 Å². The molecule has 0 radical (unpaired) electrons. The van der Waals surface area contributed by atoms with Gasteiger partial charge in [-0.25, -0.2) is 4.98 Å². The topological polar surface area (TPSA) is 40.7 Å². The van der Waals surface area contributed by atoms with Gasteiger partial charge in [0.1, 0.15) is 0 Å². The van der Waals surface area contributed by atoms with E-state index in [0.717, 1.165) is 23.8 Å². The van der Waals surface area contributed by atoms with Crippen LogP contribution in [-0.2, 0) is 6.42 Å². The number of aromatic nitrogens is 2. The van der Waals surface area contributed by atoms with E-state index in [1.807, 2.05) is 7.05 Å². The highest BCUT2D eigenvalue weighted by molar-refractivity contribution is 5.33.